The van der Waals surface area contributed by atoms with Crippen molar-refractivity contribution in [2.45, 2.75) is 46.1 Å². The smallest absolute Gasteiger partial charge is 0.247 e. The molecule has 2 aliphatic carbocycles. The van der Waals surface area contributed by atoms with Crippen LogP contribution in [-0.2, 0) is 14.4 Å². The largest absolute Gasteiger partial charge is 0.324 e. The van der Waals surface area contributed by atoms with Gasteiger partial charge in [-0.1, -0.05) is 15.9 Å². The Hall–Kier alpha value is -1.69. The summed E-state index contributed by atoms with van der Waals surface area (Å²) >= 11 is 3.51. The molecule has 1 heterocycles. The third-order valence-corrected chi connectivity index (χ3v) is 7.68. The molecule has 1 saturated heterocycles. The maximum atomic E-state index is 12.9. The van der Waals surface area contributed by atoms with Crippen LogP contribution in [0.3, 0.4) is 0 Å². The fourth-order valence-corrected chi connectivity index (χ4v) is 5.42. The Kier molecular flexibility index (Phi) is 4.21. The zero-order valence-corrected chi connectivity index (χ0v) is 16.8. The van der Waals surface area contributed by atoms with Gasteiger partial charge in [0, 0.05) is 10.2 Å². The maximum Gasteiger partial charge on any atom is 0.247 e. The molecule has 0 unspecified atom stereocenters. The van der Waals surface area contributed by atoms with Crippen molar-refractivity contribution < 1.29 is 14.4 Å². The van der Waals surface area contributed by atoms with Crippen LogP contribution in [0.1, 0.15) is 37.3 Å². The first-order chi connectivity index (χ1) is 12.3. The van der Waals surface area contributed by atoms with Gasteiger partial charge in [-0.2, -0.15) is 0 Å². The third kappa shape index (κ3) is 2.53. The highest BCUT2D eigenvalue weighted by Gasteiger charge is 2.62. The quantitative estimate of drug-likeness (QED) is 0.764. The molecule has 3 amide bonds. The van der Waals surface area contributed by atoms with E-state index < -0.39 is 6.04 Å². The van der Waals surface area contributed by atoms with Gasteiger partial charge in [-0.3, -0.25) is 19.3 Å². The van der Waals surface area contributed by atoms with Gasteiger partial charge >= 0.3 is 0 Å². The van der Waals surface area contributed by atoms with E-state index in [1.807, 2.05) is 26.0 Å². The normalized spacial score (nSPS) is 30.7. The Morgan fingerprint density at radius 1 is 1.12 bits per heavy atom. The predicted octanol–water partition coefficient (Wildman–Crippen LogP) is 3.42. The van der Waals surface area contributed by atoms with Crippen molar-refractivity contribution in [3.8, 4) is 0 Å². The summed E-state index contributed by atoms with van der Waals surface area (Å²) < 4.78 is 1.01. The Morgan fingerprint density at radius 3 is 2.12 bits per heavy atom. The van der Waals surface area contributed by atoms with Crippen LogP contribution >= 0.6 is 15.9 Å². The predicted molar refractivity (Wildman–Crippen MR) is 101 cm³/mol. The van der Waals surface area contributed by atoms with E-state index in [4.69, 9.17) is 0 Å². The van der Waals surface area contributed by atoms with Crippen LogP contribution in [0, 0.1) is 37.5 Å². The number of nitrogens with one attached hydrogen (secondary N) is 1. The minimum atomic E-state index is -0.788. The van der Waals surface area contributed by atoms with E-state index in [1.165, 1.54) is 4.90 Å². The lowest BCUT2D eigenvalue weighted by Gasteiger charge is -2.24. The van der Waals surface area contributed by atoms with E-state index in [9.17, 15) is 14.4 Å². The summed E-state index contributed by atoms with van der Waals surface area (Å²) in [6.07, 6.45) is 3.08. The average Bonchev–Trinajstić information content (AvgIpc) is 3.26. The van der Waals surface area contributed by atoms with Crippen LogP contribution in [0.5, 0.6) is 0 Å². The Morgan fingerprint density at radius 2 is 1.62 bits per heavy atom. The molecule has 2 bridgehead atoms. The van der Waals surface area contributed by atoms with E-state index in [1.54, 1.807) is 6.92 Å². The van der Waals surface area contributed by atoms with E-state index >= 15 is 0 Å². The van der Waals surface area contributed by atoms with E-state index in [2.05, 4.69) is 21.2 Å². The molecule has 1 N–H and O–H groups in total. The molecule has 1 aromatic carbocycles. The molecule has 0 aromatic heterocycles. The number of nitrogens with zero attached hydrogens (tertiary/aromatic N) is 1. The van der Waals surface area contributed by atoms with Crippen molar-refractivity contribution >= 4 is 39.3 Å². The van der Waals surface area contributed by atoms with Gasteiger partial charge in [0.25, 0.3) is 0 Å². The minimum Gasteiger partial charge on any atom is -0.324 e. The van der Waals surface area contributed by atoms with Gasteiger partial charge in [-0.25, -0.2) is 0 Å². The zero-order chi connectivity index (χ0) is 18.7. The van der Waals surface area contributed by atoms with Gasteiger partial charge < -0.3 is 5.32 Å². The Balaban J connectivity index is 1.52. The third-order valence-electron chi connectivity index (χ3n) is 6.43. The van der Waals surface area contributed by atoms with Crippen LogP contribution < -0.4 is 5.32 Å². The molecule has 5 nitrogen and oxygen atoms in total. The number of hydrogen-bond donors (Lipinski definition) is 1. The van der Waals surface area contributed by atoms with Gasteiger partial charge in [-0.15, -0.1) is 0 Å². The summed E-state index contributed by atoms with van der Waals surface area (Å²) in [5, 5.41) is 2.87. The lowest BCUT2D eigenvalue weighted by atomic mass is 9.81. The molecule has 3 fully saturated rings. The molecule has 2 saturated carbocycles. The summed E-state index contributed by atoms with van der Waals surface area (Å²) in [4.78, 5) is 39.7. The molecule has 26 heavy (non-hydrogen) atoms. The molecule has 1 aromatic rings. The number of fused-ring (bicyclic) bond motifs is 5. The zero-order valence-electron chi connectivity index (χ0n) is 15.2. The topological polar surface area (TPSA) is 66.5 Å². The number of carbonyl (C=O) groups excluding carboxylic acids is 3. The summed E-state index contributed by atoms with van der Waals surface area (Å²) in [7, 11) is 0. The standard InChI is InChI=1S/C20H23BrN2O3/c1-9-6-14(7-10(2)17(9)21)22-18(24)11(3)23-19(25)15-12-4-5-13(8-12)16(15)20(23)26/h6-7,11-13,15-16H,4-5,8H2,1-3H3,(H,22,24)/t11-,12-,13-,15+,16+/m0/s1. The fraction of sp³-hybridized carbons (Fsp3) is 0.550. The van der Waals surface area contributed by atoms with Crippen LogP contribution in [0.25, 0.3) is 0 Å². The van der Waals surface area contributed by atoms with Gasteiger partial charge in [0.1, 0.15) is 6.04 Å². The summed E-state index contributed by atoms with van der Waals surface area (Å²) in [6, 6.07) is 2.97. The number of amides is 3. The SMILES string of the molecule is Cc1cc(NC(=O)[C@H](C)N2C(=O)[C@@H]3[C@H]4CC[C@@H](C4)[C@H]3C2=O)cc(C)c1Br. The molecule has 3 aliphatic rings. The molecular weight excluding hydrogens is 396 g/mol. The highest BCUT2D eigenvalue weighted by molar-refractivity contribution is 9.10. The Bertz CT molecular complexity index is 770. The lowest BCUT2D eigenvalue weighted by molar-refractivity contribution is -0.146. The van der Waals surface area contributed by atoms with Gasteiger partial charge in [-0.05, 0) is 75.1 Å². The molecule has 0 radical (unpaired) electrons. The van der Waals surface area contributed by atoms with E-state index in [0.717, 1.165) is 34.9 Å². The molecule has 0 spiro atoms. The van der Waals surface area contributed by atoms with Crippen molar-refractivity contribution in [2.75, 3.05) is 5.32 Å². The van der Waals surface area contributed by atoms with Crippen molar-refractivity contribution in [3.05, 3.63) is 27.7 Å². The van der Waals surface area contributed by atoms with Crippen molar-refractivity contribution in [1.29, 1.82) is 0 Å². The molecule has 138 valence electrons. The van der Waals surface area contributed by atoms with Crippen LogP contribution in [0.2, 0.25) is 0 Å². The number of halogens is 1. The number of aryl methyl sites for hydroxylation is 2. The fourth-order valence-electron chi connectivity index (χ4n) is 5.20. The monoisotopic (exact) mass is 418 g/mol. The maximum absolute atomic E-state index is 12.9. The molecule has 5 atom stereocenters. The van der Waals surface area contributed by atoms with Crippen LogP contribution in [0.15, 0.2) is 16.6 Å². The summed E-state index contributed by atoms with van der Waals surface area (Å²) in [5.41, 5.74) is 2.72. The van der Waals surface area contributed by atoms with E-state index in [-0.39, 0.29) is 29.6 Å². The number of rotatable bonds is 3. The highest BCUT2D eigenvalue weighted by atomic mass is 79.9. The van der Waals surface area contributed by atoms with Gasteiger partial charge in [0.05, 0.1) is 11.8 Å². The second-order valence-electron chi connectivity index (χ2n) is 8.02. The average molecular weight is 419 g/mol. The van der Waals surface area contributed by atoms with Gasteiger partial charge in [0.15, 0.2) is 0 Å². The van der Waals surface area contributed by atoms with E-state index in [0.29, 0.717) is 17.5 Å². The Labute approximate surface area is 161 Å². The highest BCUT2D eigenvalue weighted by Crippen LogP contribution is 2.56. The lowest BCUT2D eigenvalue weighted by Crippen LogP contribution is -2.46. The summed E-state index contributed by atoms with van der Waals surface area (Å²) in [5.74, 6) is -0.310. The second-order valence-corrected chi connectivity index (χ2v) is 8.81. The van der Waals surface area contributed by atoms with Crippen LogP contribution in [-0.4, -0.2) is 28.7 Å². The van der Waals surface area contributed by atoms with Crippen LogP contribution in [0.4, 0.5) is 5.69 Å². The van der Waals surface area contributed by atoms with Crippen molar-refractivity contribution in [1.82, 2.24) is 4.90 Å². The van der Waals surface area contributed by atoms with Gasteiger partial charge in [0.2, 0.25) is 17.7 Å². The first-order valence-corrected chi connectivity index (χ1v) is 10.0. The minimum absolute atomic E-state index is 0.141. The number of anilines is 1. The molecular formula is C20H23BrN2O3. The molecule has 6 heteroatoms. The first-order valence-electron chi connectivity index (χ1n) is 9.24. The molecule has 4 rings (SSSR count). The first kappa shape index (κ1) is 17.7. The second kappa shape index (κ2) is 6.19. The van der Waals surface area contributed by atoms with Crippen molar-refractivity contribution in [3.63, 3.8) is 0 Å². The molecule has 1 aliphatic heterocycles. The number of likely N-dealkylation sites (tertiary alicyclic amines) is 1. The van der Waals surface area contributed by atoms with Crippen molar-refractivity contribution in [2.24, 2.45) is 23.7 Å². The number of imide groups is 1. The number of benzene rings is 1. The number of hydrogen-bond acceptors (Lipinski definition) is 3. The summed E-state index contributed by atoms with van der Waals surface area (Å²) in [6.45, 7) is 5.56. The number of carbonyl (C=O) groups is 3.